The van der Waals surface area contributed by atoms with Gasteiger partial charge in [-0.2, -0.15) is 5.26 Å². The number of nitriles is 1. The number of aliphatic hydroxyl groups is 1. The molecule has 0 bridgehead atoms. The Balaban J connectivity index is 2.35. The van der Waals surface area contributed by atoms with Crippen LogP contribution in [0, 0.1) is 11.3 Å². The van der Waals surface area contributed by atoms with Gasteiger partial charge in [0.25, 0.3) is 5.56 Å². The maximum absolute atomic E-state index is 12.8. The zero-order valence-corrected chi connectivity index (χ0v) is 12.6. The molecule has 0 aliphatic carbocycles. The molecule has 1 atom stereocenters. The first kappa shape index (κ1) is 14.9. The SMILES string of the molecule is CC(O)Cc1cc2cccnc2n(-c2cccc(C#N)c2)c1=O. The molecule has 23 heavy (non-hydrogen) atoms. The van der Waals surface area contributed by atoms with Crippen LogP contribution in [0.1, 0.15) is 18.1 Å². The van der Waals surface area contributed by atoms with Crippen molar-refractivity contribution in [1.29, 1.82) is 5.26 Å². The number of pyridine rings is 2. The monoisotopic (exact) mass is 305 g/mol. The Morgan fingerprint density at radius 1 is 1.30 bits per heavy atom. The van der Waals surface area contributed by atoms with E-state index in [1.165, 1.54) is 4.57 Å². The molecule has 2 aromatic heterocycles. The van der Waals surface area contributed by atoms with Crippen LogP contribution in [0.3, 0.4) is 0 Å². The Bertz CT molecular complexity index is 968. The molecule has 5 nitrogen and oxygen atoms in total. The highest BCUT2D eigenvalue weighted by Gasteiger charge is 2.13. The van der Waals surface area contributed by atoms with E-state index in [-0.39, 0.29) is 12.0 Å². The summed E-state index contributed by atoms with van der Waals surface area (Å²) in [5.41, 5.74) is 1.88. The highest BCUT2D eigenvalue weighted by Crippen LogP contribution is 2.17. The summed E-state index contributed by atoms with van der Waals surface area (Å²) in [6, 6.07) is 14.4. The van der Waals surface area contributed by atoms with Crippen LogP contribution in [-0.4, -0.2) is 20.8 Å². The lowest BCUT2D eigenvalue weighted by atomic mass is 10.1. The summed E-state index contributed by atoms with van der Waals surface area (Å²) in [5, 5.41) is 19.5. The van der Waals surface area contributed by atoms with Crippen LogP contribution in [0.4, 0.5) is 0 Å². The quantitative estimate of drug-likeness (QED) is 0.804. The molecule has 1 unspecified atom stereocenters. The molecule has 1 aromatic carbocycles. The van der Waals surface area contributed by atoms with Crippen molar-refractivity contribution in [1.82, 2.24) is 9.55 Å². The highest BCUT2D eigenvalue weighted by atomic mass is 16.3. The van der Waals surface area contributed by atoms with Crippen LogP contribution in [0.5, 0.6) is 0 Å². The molecule has 1 N–H and O–H groups in total. The van der Waals surface area contributed by atoms with Crippen LogP contribution in [0.15, 0.2) is 53.5 Å². The number of benzene rings is 1. The Kier molecular flexibility index (Phi) is 3.92. The van der Waals surface area contributed by atoms with Gasteiger partial charge in [-0.3, -0.25) is 9.36 Å². The second kappa shape index (κ2) is 6.03. The van der Waals surface area contributed by atoms with Gasteiger partial charge in [0.05, 0.1) is 23.4 Å². The molecule has 0 aliphatic heterocycles. The van der Waals surface area contributed by atoms with E-state index >= 15 is 0 Å². The van der Waals surface area contributed by atoms with E-state index in [0.29, 0.717) is 22.5 Å². The molecule has 0 spiro atoms. The third kappa shape index (κ3) is 2.85. The van der Waals surface area contributed by atoms with Gasteiger partial charge >= 0.3 is 0 Å². The standard InChI is InChI=1S/C18H15N3O2/c1-12(22)8-15-10-14-5-3-7-20-17(14)21(18(15)23)16-6-2-4-13(9-16)11-19/h2-7,9-10,12,22H,8H2,1H3. The first-order chi connectivity index (χ1) is 11.1. The molecular formula is C18H15N3O2. The van der Waals surface area contributed by atoms with Crippen LogP contribution >= 0.6 is 0 Å². The molecule has 5 heteroatoms. The molecule has 0 saturated carbocycles. The summed E-state index contributed by atoms with van der Waals surface area (Å²) < 4.78 is 1.49. The van der Waals surface area contributed by atoms with E-state index in [9.17, 15) is 9.90 Å². The molecule has 2 heterocycles. The first-order valence-electron chi connectivity index (χ1n) is 7.28. The van der Waals surface area contributed by atoms with E-state index in [4.69, 9.17) is 5.26 Å². The van der Waals surface area contributed by atoms with Crippen molar-refractivity contribution in [3.05, 3.63) is 70.1 Å². The zero-order chi connectivity index (χ0) is 16.4. The Morgan fingerprint density at radius 3 is 2.87 bits per heavy atom. The zero-order valence-electron chi connectivity index (χ0n) is 12.6. The number of aliphatic hydroxyl groups excluding tert-OH is 1. The molecule has 0 fully saturated rings. The third-order valence-corrected chi connectivity index (χ3v) is 3.58. The topological polar surface area (TPSA) is 78.9 Å². The minimum Gasteiger partial charge on any atom is -0.393 e. The Hall–Kier alpha value is -2.97. The van der Waals surface area contributed by atoms with Crippen molar-refractivity contribution >= 4 is 11.0 Å². The minimum atomic E-state index is -0.615. The van der Waals surface area contributed by atoms with Crippen molar-refractivity contribution in [3.8, 4) is 11.8 Å². The maximum Gasteiger partial charge on any atom is 0.260 e. The summed E-state index contributed by atoms with van der Waals surface area (Å²) in [5.74, 6) is 0. The summed E-state index contributed by atoms with van der Waals surface area (Å²) in [4.78, 5) is 17.2. The lowest BCUT2D eigenvalue weighted by Crippen LogP contribution is -2.25. The molecule has 0 saturated heterocycles. The number of rotatable bonds is 3. The van der Waals surface area contributed by atoms with E-state index in [2.05, 4.69) is 11.1 Å². The number of nitrogens with zero attached hydrogens (tertiary/aromatic N) is 3. The van der Waals surface area contributed by atoms with E-state index in [0.717, 1.165) is 5.39 Å². The average molecular weight is 305 g/mol. The second-order valence-corrected chi connectivity index (χ2v) is 5.44. The van der Waals surface area contributed by atoms with Gasteiger partial charge in [0, 0.05) is 23.6 Å². The van der Waals surface area contributed by atoms with E-state index in [1.54, 1.807) is 49.5 Å². The predicted octanol–water partition coefficient (Wildman–Crippen LogP) is 2.18. The number of hydrogen-bond donors (Lipinski definition) is 1. The van der Waals surface area contributed by atoms with Gasteiger partial charge in [-0.1, -0.05) is 6.07 Å². The fourth-order valence-corrected chi connectivity index (χ4v) is 2.62. The van der Waals surface area contributed by atoms with Gasteiger partial charge < -0.3 is 5.11 Å². The number of aromatic nitrogens is 2. The summed E-state index contributed by atoms with van der Waals surface area (Å²) in [7, 11) is 0. The van der Waals surface area contributed by atoms with Gasteiger partial charge in [-0.25, -0.2) is 4.98 Å². The predicted molar refractivity (Wildman–Crippen MR) is 87.4 cm³/mol. The number of fused-ring (bicyclic) bond motifs is 1. The fourth-order valence-electron chi connectivity index (χ4n) is 2.62. The van der Waals surface area contributed by atoms with Crippen LogP contribution in [0.25, 0.3) is 16.7 Å². The van der Waals surface area contributed by atoms with Gasteiger partial charge in [0.2, 0.25) is 0 Å². The largest absolute Gasteiger partial charge is 0.393 e. The summed E-state index contributed by atoms with van der Waals surface area (Å²) in [6.07, 6.45) is 1.28. The molecule has 114 valence electrons. The molecule has 3 aromatic rings. The van der Waals surface area contributed by atoms with Gasteiger partial charge in [-0.05, 0) is 43.3 Å². The van der Waals surface area contributed by atoms with Crippen molar-refractivity contribution in [2.75, 3.05) is 0 Å². The Morgan fingerprint density at radius 2 is 2.13 bits per heavy atom. The van der Waals surface area contributed by atoms with Crippen LogP contribution in [0.2, 0.25) is 0 Å². The smallest absolute Gasteiger partial charge is 0.260 e. The molecule has 3 rings (SSSR count). The summed E-state index contributed by atoms with van der Waals surface area (Å²) >= 11 is 0. The maximum atomic E-state index is 12.8. The van der Waals surface area contributed by atoms with Gasteiger partial charge in [0.15, 0.2) is 0 Å². The van der Waals surface area contributed by atoms with Crippen molar-refractivity contribution in [2.24, 2.45) is 0 Å². The fraction of sp³-hybridized carbons (Fsp3) is 0.167. The van der Waals surface area contributed by atoms with Crippen molar-refractivity contribution in [2.45, 2.75) is 19.4 Å². The summed E-state index contributed by atoms with van der Waals surface area (Å²) in [6.45, 7) is 1.65. The lowest BCUT2D eigenvalue weighted by Gasteiger charge is -2.13. The van der Waals surface area contributed by atoms with Crippen LogP contribution < -0.4 is 5.56 Å². The van der Waals surface area contributed by atoms with Gasteiger partial charge in [0.1, 0.15) is 5.65 Å². The van der Waals surface area contributed by atoms with E-state index in [1.807, 2.05) is 6.07 Å². The Labute approximate surface area is 133 Å². The average Bonchev–Trinajstić information content (AvgIpc) is 2.55. The first-order valence-corrected chi connectivity index (χ1v) is 7.28. The second-order valence-electron chi connectivity index (χ2n) is 5.44. The van der Waals surface area contributed by atoms with Crippen LogP contribution in [-0.2, 0) is 6.42 Å². The third-order valence-electron chi connectivity index (χ3n) is 3.58. The normalized spacial score (nSPS) is 12.0. The van der Waals surface area contributed by atoms with Crippen molar-refractivity contribution in [3.63, 3.8) is 0 Å². The minimum absolute atomic E-state index is 0.229. The lowest BCUT2D eigenvalue weighted by molar-refractivity contribution is 0.195. The highest BCUT2D eigenvalue weighted by molar-refractivity contribution is 5.77. The molecule has 0 radical (unpaired) electrons. The molecule has 0 aliphatic rings. The molecular weight excluding hydrogens is 290 g/mol. The number of hydrogen-bond acceptors (Lipinski definition) is 4. The molecule has 0 amide bonds. The van der Waals surface area contributed by atoms with E-state index < -0.39 is 6.10 Å². The van der Waals surface area contributed by atoms with Gasteiger partial charge in [-0.15, -0.1) is 0 Å². The van der Waals surface area contributed by atoms with Crippen molar-refractivity contribution < 1.29 is 5.11 Å².